The number of hydrogen-bond donors (Lipinski definition) is 2. The van der Waals surface area contributed by atoms with Crippen LogP contribution in [0.1, 0.15) is 38.5 Å². The van der Waals surface area contributed by atoms with Crippen LogP contribution < -0.4 is 11.1 Å². The van der Waals surface area contributed by atoms with E-state index < -0.39 is 0 Å². The summed E-state index contributed by atoms with van der Waals surface area (Å²) in [5, 5.41) is 3.10. The van der Waals surface area contributed by atoms with Crippen molar-refractivity contribution in [2.24, 2.45) is 29.4 Å². The molecule has 16 heavy (non-hydrogen) atoms. The van der Waals surface area contributed by atoms with E-state index in [4.69, 9.17) is 5.73 Å². The summed E-state index contributed by atoms with van der Waals surface area (Å²) in [6, 6.07) is 0.456. The van der Waals surface area contributed by atoms with Crippen molar-refractivity contribution in [2.45, 2.75) is 44.6 Å². The first-order valence-electron chi connectivity index (χ1n) is 6.74. The Morgan fingerprint density at radius 1 is 1.19 bits per heavy atom. The van der Waals surface area contributed by atoms with Crippen LogP contribution in [0.15, 0.2) is 0 Å². The number of fused-ring (bicyclic) bond motifs is 1. The van der Waals surface area contributed by atoms with Gasteiger partial charge in [0.05, 0.1) is 0 Å². The highest BCUT2D eigenvalue weighted by Crippen LogP contribution is 2.48. The average Bonchev–Trinajstić information content (AvgIpc) is 2.98. The lowest BCUT2D eigenvalue weighted by Gasteiger charge is -2.37. The molecule has 0 aromatic carbocycles. The summed E-state index contributed by atoms with van der Waals surface area (Å²) in [7, 11) is 0. The van der Waals surface area contributed by atoms with Crippen LogP contribution in [0.2, 0.25) is 0 Å². The molecule has 3 nitrogen and oxygen atoms in total. The minimum atomic E-state index is 0.269. The summed E-state index contributed by atoms with van der Waals surface area (Å²) < 4.78 is 0. The monoisotopic (exact) mass is 222 g/mol. The Morgan fingerprint density at radius 2 is 2.00 bits per heavy atom. The molecule has 3 saturated carbocycles. The second kappa shape index (κ2) is 4.02. The maximum Gasteiger partial charge on any atom is 0.220 e. The third kappa shape index (κ3) is 2.10. The third-order valence-electron chi connectivity index (χ3n) is 4.73. The zero-order valence-electron chi connectivity index (χ0n) is 9.82. The van der Waals surface area contributed by atoms with Crippen molar-refractivity contribution in [1.82, 2.24) is 5.32 Å². The maximum absolute atomic E-state index is 11.6. The molecule has 0 radical (unpaired) electrons. The second-order valence-corrected chi connectivity index (χ2v) is 6.11. The lowest BCUT2D eigenvalue weighted by Crippen LogP contribution is -2.44. The molecule has 3 heteroatoms. The van der Waals surface area contributed by atoms with Gasteiger partial charge in [-0.15, -0.1) is 0 Å². The van der Waals surface area contributed by atoms with Crippen LogP contribution in [0.4, 0.5) is 0 Å². The first kappa shape index (κ1) is 10.6. The number of hydrogen-bond acceptors (Lipinski definition) is 2. The normalized spacial score (nSPS) is 41.3. The number of nitrogens with one attached hydrogen (secondary N) is 1. The molecular weight excluding hydrogens is 200 g/mol. The SMILES string of the molecule is NC1CC2CC(CNC(=O)CC3CC3)CC12. The van der Waals surface area contributed by atoms with Crippen LogP contribution >= 0.6 is 0 Å². The number of carbonyl (C=O) groups is 1. The molecule has 3 aliphatic rings. The van der Waals surface area contributed by atoms with E-state index in [-0.39, 0.29) is 5.91 Å². The zero-order valence-corrected chi connectivity index (χ0v) is 9.82. The molecule has 0 bridgehead atoms. The molecule has 0 aliphatic heterocycles. The molecule has 3 aliphatic carbocycles. The molecule has 3 rings (SSSR count). The van der Waals surface area contributed by atoms with Gasteiger partial charge >= 0.3 is 0 Å². The number of amides is 1. The van der Waals surface area contributed by atoms with E-state index in [0.717, 1.165) is 24.8 Å². The Balaban J connectivity index is 1.37. The predicted molar refractivity (Wildman–Crippen MR) is 62.6 cm³/mol. The number of carbonyl (C=O) groups excluding carboxylic acids is 1. The van der Waals surface area contributed by atoms with Crippen molar-refractivity contribution in [3.05, 3.63) is 0 Å². The van der Waals surface area contributed by atoms with Crippen LogP contribution in [-0.2, 0) is 4.79 Å². The Hall–Kier alpha value is -0.570. The first-order valence-corrected chi connectivity index (χ1v) is 6.74. The molecule has 4 atom stereocenters. The van der Waals surface area contributed by atoms with Crippen molar-refractivity contribution >= 4 is 5.91 Å². The standard InChI is InChI=1S/C13H22N2O/c14-12-6-10-3-9(4-11(10)12)7-15-13(16)5-8-1-2-8/h8-12H,1-7,14H2,(H,15,16). The van der Waals surface area contributed by atoms with Gasteiger partial charge in [-0.1, -0.05) is 0 Å². The van der Waals surface area contributed by atoms with Gasteiger partial charge < -0.3 is 11.1 Å². The molecule has 0 aromatic rings. The van der Waals surface area contributed by atoms with Crippen LogP contribution in [0.25, 0.3) is 0 Å². The van der Waals surface area contributed by atoms with E-state index in [1.807, 2.05) is 0 Å². The molecule has 4 unspecified atom stereocenters. The summed E-state index contributed by atoms with van der Waals surface area (Å²) in [4.78, 5) is 11.6. The lowest BCUT2D eigenvalue weighted by atomic mass is 9.72. The van der Waals surface area contributed by atoms with Crippen molar-refractivity contribution in [2.75, 3.05) is 6.54 Å². The van der Waals surface area contributed by atoms with Gasteiger partial charge in [0.25, 0.3) is 0 Å². The fraction of sp³-hybridized carbons (Fsp3) is 0.923. The van der Waals surface area contributed by atoms with Gasteiger partial charge in [-0.25, -0.2) is 0 Å². The van der Waals surface area contributed by atoms with Gasteiger partial charge in [-0.2, -0.15) is 0 Å². The van der Waals surface area contributed by atoms with Gasteiger partial charge in [0.2, 0.25) is 5.91 Å². The molecule has 0 saturated heterocycles. The van der Waals surface area contributed by atoms with E-state index in [1.165, 1.54) is 32.1 Å². The van der Waals surface area contributed by atoms with Crippen molar-refractivity contribution in [1.29, 1.82) is 0 Å². The molecular formula is C13H22N2O. The van der Waals surface area contributed by atoms with Crippen molar-refractivity contribution in [3.63, 3.8) is 0 Å². The third-order valence-corrected chi connectivity index (χ3v) is 4.73. The zero-order chi connectivity index (χ0) is 11.1. The topological polar surface area (TPSA) is 55.1 Å². The smallest absolute Gasteiger partial charge is 0.220 e. The molecule has 3 fully saturated rings. The molecule has 1 amide bonds. The summed E-state index contributed by atoms with van der Waals surface area (Å²) >= 11 is 0. The fourth-order valence-corrected chi connectivity index (χ4v) is 3.48. The van der Waals surface area contributed by atoms with E-state index in [9.17, 15) is 4.79 Å². The quantitative estimate of drug-likeness (QED) is 0.752. The van der Waals surface area contributed by atoms with Gasteiger partial charge in [0.1, 0.15) is 0 Å². The van der Waals surface area contributed by atoms with E-state index in [2.05, 4.69) is 5.32 Å². The van der Waals surface area contributed by atoms with E-state index in [1.54, 1.807) is 0 Å². The van der Waals surface area contributed by atoms with Crippen molar-refractivity contribution < 1.29 is 4.79 Å². The highest BCUT2D eigenvalue weighted by atomic mass is 16.1. The highest BCUT2D eigenvalue weighted by molar-refractivity contribution is 5.76. The second-order valence-electron chi connectivity index (χ2n) is 6.11. The number of rotatable bonds is 4. The van der Waals surface area contributed by atoms with Crippen molar-refractivity contribution in [3.8, 4) is 0 Å². The van der Waals surface area contributed by atoms with Crippen LogP contribution in [-0.4, -0.2) is 18.5 Å². The van der Waals surface area contributed by atoms with Gasteiger partial charge in [0, 0.05) is 19.0 Å². The van der Waals surface area contributed by atoms with Gasteiger partial charge in [0.15, 0.2) is 0 Å². The fourth-order valence-electron chi connectivity index (χ4n) is 3.48. The molecule has 90 valence electrons. The largest absolute Gasteiger partial charge is 0.356 e. The summed E-state index contributed by atoms with van der Waals surface area (Å²) in [5.74, 6) is 3.32. The molecule has 0 spiro atoms. The Morgan fingerprint density at radius 3 is 2.62 bits per heavy atom. The minimum absolute atomic E-state index is 0.269. The molecule has 0 heterocycles. The maximum atomic E-state index is 11.6. The highest BCUT2D eigenvalue weighted by Gasteiger charge is 2.45. The molecule has 3 N–H and O–H groups in total. The Labute approximate surface area is 97.2 Å². The predicted octanol–water partition coefficient (Wildman–Crippen LogP) is 1.28. The van der Waals surface area contributed by atoms with E-state index in [0.29, 0.717) is 17.9 Å². The average molecular weight is 222 g/mol. The first-order chi connectivity index (χ1) is 7.72. The Kier molecular flexibility index (Phi) is 2.66. The van der Waals surface area contributed by atoms with Crippen LogP contribution in [0.5, 0.6) is 0 Å². The Bertz CT molecular complexity index is 288. The summed E-state index contributed by atoms with van der Waals surface area (Å²) in [6.45, 7) is 0.894. The van der Waals surface area contributed by atoms with Gasteiger partial charge in [-0.3, -0.25) is 4.79 Å². The van der Waals surface area contributed by atoms with Crippen LogP contribution in [0, 0.1) is 23.7 Å². The number of nitrogens with two attached hydrogens (primary N) is 1. The van der Waals surface area contributed by atoms with Crippen LogP contribution in [0.3, 0.4) is 0 Å². The van der Waals surface area contributed by atoms with E-state index >= 15 is 0 Å². The summed E-state index contributed by atoms with van der Waals surface area (Å²) in [6.07, 6.45) is 7.04. The summed E-state index contributed by atoms with van der Waals surface area (Å²) in [5.41, 5.74) is 5.97. The minimum Gasteiger partial charge on any atom is -0.356 e. The lowest BCUT2D eigenvalue weighted by molar-refractivity contribution is -0.121. The molecule has 0 aromatic heterocycles. The van der Waals surface area contributed by atoms with Gasteiger partial charge in [-0.05, 0) is 55.8 Å².